The van der Waals surface area contributed by atoms with E-state index >= 15 is 0 Å². The fourth-order valence-electron chi connectivity index (χ4n) is 4.03. The van der Waals surface area contributed by atoms with Gasteiger partial charge in [0.15, 0.2) is 0 Å². The Morgan fingerprint density at radius 3 is 1.53 bits per heavy atom. The number of benzene rings is 3. The van der Waals surface area contributed by atoms with Gasteiger partial charge in [-0.3, -0.25) is 20.2 Å². The number of rotatable bonds is 8. The molecule has 3 aromatic carbocycles. The maximum absolute atomic E-state index is 10.8. The summed E-state index contributed by atoms with van der Waals surface area (Å²) in [6.45, 7) is 21.9. The van der Waals surface area contributed by atoms with Gasteiger partial charge in [0.25, 0.3) is 11.4 Å². The van der Waals surface area contributed by atoms with Crippen LogP contribution < -0.4 is 0 Å². The van der Waals surface area contributed by atoms with Crippen molar-refractivity contribution in [2.75, 3.05) is 0 Å². The van der Waals surface area contributed by atoms with Gasteiger partial charge in [-0.15, -0.1) is 0 Å². The summed E-state index contributed by atoms with van der Waals surface area (Å²) >= 11 is 0. The summed E-state index contributed by atoms with van der Waals surface area (Å²) in [7, 11) is 0. The summed E-state index contributed by atoms with van der Waals surface area (Å²) in [5.41, 5.74) is 6.03. The maximum Gasteiger partial charge on any atom is 0.272 e. The minimum Gasteiger partial charge on any atom is -0.258 e. The van der Waals surface area contributed by atoms with Crippen LogP contribution in [0.25, 0.3) is 0 Å². The van der Waals surface area contributed by atoms with Crippen LogP contribution in [-0.4, -0.2) is 9.85 Å². The third kappa shape index (κ3) is 17.9. The normalized spacial score (nSPS) is 11.5. The van der Waals surface area contributed by atoms with E-state index in [4.69, 9.17) is 0 Å². The van der Waals surface area contributed by atoms with Gasteiger partial charge in [0.1, 0.15) is 0 Å². The van der Waals surface area contributed by atoms with Crippen molar-refractivity contribution in [2.24, 2.45) is 16.2 Å². The lowest BCUT2D eigenvalue weighted by atomic mass is 9.88. The van der Waals surface area contributed by atoms with Crippen LogP contribution in [-0.2, 0) is 19.3 Å². The maximum atomic E-state index is 10.8. The van der Waals surface area contributed by atoms with Gasteiger partial charge in [-0.25, -0.2) is 0 Å². The Morgan fingerprint density at radius 1 is 0.558 bits per heavy atom. The van der Waals surface area contributed by atoms with Crippen molar-refractivity contribution in [1.82, 2.24) is 0 Å². The highest BCUT2D eigenvalue weighted by Crippen LogP contribution is 2.26. The molecule has 6 nitrogen and oxygen atoms in total. The molecular weight excluding hydrogens is 536 g/mol. The second-order valence-corrected chi connectivity index (χ2v) is 15.0. The fraction of sp³-hybridized carbons (Fsp3) is 0.514. The summed E-state index contributed by atoms with van der Waals surface area (Å²) in [4.78, 5) is 20.7. The molecule has 0 aliphatic heterocycles. The molecule has 0 aliphatic rings. The molecular formula is C37H54N2O4. The molecule has 0 saturated heterocycles. The first-order valence-corrected chi connectivity index (χ1v) is 15.3. The molecule has 43 heavy (non-hydrogen) atoms. The fourth-order valence-corrected chi connectivity index (χ4v) is 4.03. The average Bonchev–Trinajstić information content (AvgIpc) is 2.90. The Kier molecular flexibility index (Phi) is 14.8. The highest BCUT2D eigenvalue weighted by Gasteiger charge is 2.16. The van der Waals surface area contributed by atoms with Gasteiger partial charge < -0.3 is 0 Å². The SMILES string of the molecule is CC(C)(C)CCc1cccc([N+](=O)[O-])c1.CC(C)(C)CCc1ccccc1[N+](=O)[O-].Cc1ccc(CCC(C)(C)C)cc1. The number of nitro groups is 2. The second-order valence-electron chi connectivity index (χ2n) is 15.0. The van der Waals surface area contributed by atoms with Gasteiger partial charge in [0.05, 0.1) is 9.85 Å². The van der Waals surface area contributed by atoms with Crippen molar-refractivity contribution in [3.63, 3.8) is 0 Å². The number of hydrogen-bond donors (Lipinski definition) is 0. The van der Waals surface area contributed by atoms with Gasteiger partial charge in [0.2, 0.25) is 0 Å². The number of hydrogen-bond acceptors (Lipinski definition) is 4. The number of non-ortho nitro benzene ring substituents is 1. The first-order valence-electron chi connectivity index (χ1n) is 15.3. The Labute approximate surface area is 260 Å². The molecule has 0 fully saturated rings. The second kappa shape index (κ2) is 16.9. The molecule has 0 atom stereocenters. The molecule has 3 rings (SSSR count). The van der Waals surface area contributed by atoms with Crippen LogP contribution in [0.1, 0.15) is 104 Å². The number of nitro benzene ring substituents is 2. The number of nitrogens with zero attached hydrogens (tertiary/aromatic N) is 2. The lowest BCUT2D eigenvalue weighted by Crippen LogP contribution is -2.07. The topological polar surface area (TPSA) is 86.3 Å². The van der Waals surface area contributed by atoms with Crippen LogP contribution in [0.15, 0.2) is 72.8 Å². The molecule has 3 aromatic rings. The summed E-state index contributed by atoms with van der Waals surface area (Å²) in [5, 5.41) is 21.3. The molecule has 0 heterocycles. The lowest BCUT2D eigenvalue weighted by Gasteiger charge is -2.17. The molecule has 0 spiro atoms. The molecule has 0 amide bonds. The van der Waals surface area contributed by atoms with Crippen molar-refractivity contribution < 1.29 is 9.85 Å². The van der Waals surface area contributed by atoms with Crippen LogP contribution in [0.3, 0.4) is 0 Å². The summed E-state index contributed by atoms with van der Waals surface area (Å²) in [6.07, 6.45) is 6.11. The summed E-state index contributed by atoms with van der Waals surface area (Å²) in [5.74, 6) is 0. The Hall–Kier alpha value is -3.54. The van der Waals surface area contributed by atoms with E-state index in [0.29, 0.717) is 5.41 Å². The minimum atomic E-state index is -0.347. The summed E-state index contributed by atoms with van der Waals surface area (Å²) in [6, 6.07) is 22.7. The minimum absolute atomic E-state index is 0.182. The predicted octanol–water partition coefficient (Wildman–Crippen LogP) is 11.1. The average molecular weight is 591 g/mol. The molecule has 0 bridgehead atoms. The van der Waals surface area contributed by atoms with Crippen LogP contribution in [0.5, 0.6) is 0 Å². The van der Waals surface area contributed by atoms with E-state index in [2.05, 4.69) is 93.5 Å². The van der Waals surface area contributed by atoms with Crippen LogP contribution in [0.4, 0.5) is 11.4 Å². The smallest absolute Gasteiger partial charge is 0.258 e. The van der Waals surface area contributed by atoms with Crippen molar-refractivity contribution >= 4 is 11.4 Å². The predicted molar refractivity (Wildman–Crippen MR) is 181 cm³/mol. The van der Waals surface area contributed by atoms with Gasteiger partial charge in [0, 0.05) is 23.8 Å². The number of aryl methyl sites for hydroxylation is 4. The van der Waals surface area contributed by atoms with Crippen molar-refractivity contribution in [1.29, 1.82) is 0 Å². The third-order valence-electron chi connectivity index (χ3n) is 6.90. The zero-order valence-corrected chi connectivity index (χ0v) is 28.2. The zero-order valence-electron chi connectivity index (χ0n) is 28.2. The molecule has 236 valence electrons. The zero-order chi connectivity index (χ0) is 32.8. The van der Waals surface area contributed by atoms with Gasteiger partial charge in [-0.05, 0) is 72.8 Å². The van der Waals surface area contributed by atoms with Crippen molar-refractivity contribution in [3.05, 3.63) is 115 Å². The lowest BCUT2D eigenvalue weighted by molar-refractivity contribution is -0.385. The van der Waals surface area contributed by atoms with Gasteiger partial charge in [-0.1, -0.05) is 122 Å². The van der Waals surface area contributed by atoms with E-state index in [9.17, 15) is 20.2 Å². The first-order chi connectivity index (χ1) is 19.8. The first kappa shape index (κ1) is 37.5. The summed E-state index contributed by atoms with van der Waals surface area (Å²) < 4.78 is 0. The number of para-hydroxylation sites is 1. The van der Waals surface area contributed by atoms with E-state index in [1.807, 2.05) is 18.2 Å². The van der Waals surface area contributed by atoms with Crippen LogP contribution >= 0.6 is 0 Å². The molecule has 0 unspecified atom stereocenters. The van der Waals surface area contributed by atoms with Crippen molar-refractivity contribution in [3.8, 4) is 0 Å². The molecule has 0 aliphatic carbocycles. The Bertz CT molecular complexity index is 1280. The molecule has 0 N–H and O–H groups in total. The van der Waals surface area contributed by atoms with E-state index in [0.717, 1.165) is 36.8 Å². The Balaban J connectivity index is 0.000000324. The van der Waals surface area contributed by atoms with Crippen LogP contribution in [0, 0.1) is 43.4 Å². The van der Waals surface area contributed by atoms with E-state index in [1.165, 1.54) is 30.0 Å². The quantitative estimate of drug-likeness (QED) is 0.193. The van der Waals surface area contributed by atoms with Crippen molar-refractivity contribution in [2.45, 2.75) is 108 Å². The molecule has 0 saturated carbocycles. The largest absolute Gasteiger partial charge is 0.272 e. The molecule has 0 radical (unpaired) electrons. The highest BCUT2D eigenvalue weighted by atomic mass is 16.6. The van der Waals surface area contributed by atoms with Gasteiger partial charge in [-0.2, -0.15) is 0 Å². The van der Waals surface area contributed by atoms with Gasteiger partial charge >= 0.3 is 0 Å². The Morgan fingerprint density at radius 2 is 1.05 bits per heavy atom. The third-order valence-corrected chi connectivity index (χ3v) is 6.90. The van der Waals surface area contributed by atoms with Crippen LogP contribution in [0.2, 0.25) is 0 Å². The van der Waals surface area contributed by atoms with E-state index in [-0.39, 0.29) is 32.1 Å². The monoisotopic (exact) mass is 590 g/mol. The molecule has 0 aromatic heterocycles. The van der Waals surface area contributed by atoms with E-state index < -0.39 is 0 Å². The highest BCUT2D eigenvalue weighted by molar-refractivity contribution is 5.39. The standard InChI is InChI=1S/C13H20.2C12H17NO2/c1-11-5-7-12(8-6-11)9-10-13(2,3)4;1-12(2,3)8-7-10-5-4-6-11(9-10)13(14)15;1-12(2,3)9-8-10-6-4-5-7-11(10)13(14)15/h5-8H,9-10H2,1-4H3;4-6,9H,7-8H2,1-3H3;4-7H,8-9H2,1-3H3. The van der Waals surface area contributed by atoms with E-state index in [1.54, 1.807) is 24.3 Å². The molecule has 6 heteroatoms.